The van der Waals surface area contributed by atoms with Crippen LogP contribution in [0.1, 0.15) is 124 Å². The van der Waals surface area contributed by atoms with Crippen molar-refractivity contribution in [3.05, 3.63) is 114 Å². The molecular formula is C51H61N9O5. The maximum Gasteiger partial charge on any atom is 0.292 e. The number of aryl methyl sites for hydroxylation is 1. The number of carbonyl (C=O) groups is 3. The van der Waals surface area contributed by atoms with Crippen LogP contribution in [0.2, 0.25) is 0 Å². The van der Waals surface area contributed by atoms with Crippen LogP contribution in [-0.2, 0) is 21.5 Å². The molecule has 3 amide bonds. The number of amides is 3. The summed E-state index contributed by atoms with van der Waals surface area (Å²) in [5.41, 5.74) is 8.76. The molecule has 2 aliphatic heterocycles. The average molecular weight is 880 g/mol. The summed E-state index contributed by atoms with van der Waals surface area (Å²) in [5, 5.41) is 16.9. The van der Waals surface area contributed by atoms with Gasteiger partial charge in [0.2, 0.25) is 17.7 Å². The minimum absolute atomic E-state index is 0.0262. The molecule has 2 fully saturated rings. The highest BCUT2D eigenvalue weighted by molar-refractivity contribution is 6.01. The zero-order valence-electron chi connectivity index (χ0n) is 38.1. The van der Waals surface area contributed by atoms with E-state index in [4.69, 9.17) is 9.26 Å². The highest BCUT2D eigenvalue weighted by Crippen LogP contribution is 2.32. The van der Waals surface area contributed by atoms with Gasteiger partial charge in [0.05, 0.1) is 17.8 Å². The van der Waals surface area contributed by atoms with Gasteiger partial charge in [0, 0.05) is 41.4 Å². The SMILES string of the molecule is Cc1cc(-c2ncnn3cc(-c4ccc(OCCCCCCCCN5CCC(c6ccc(NC7CCC(=O)NC7=O)cc6)CC5)cc4)cc23)ccc1CNC(=O)c1noc(C(C)(C)C)n1. The Morgan fingerprint density at radius 3 is 2.34 bits per heavy atom. The first-order valence-corrected chi connectivity index (χ1v) is 23.2. The lowest BCUT2D eigenvalue weighted by molar-refractivity contribution is -0.133. The zero-order valence-corrected chi connectivity index (χ0v) is 38.1. The lowest BCUT2D eigenvalue weighted by Gasteiger charge is -2.32. The van der Waals surface area contributed by atoms with Crippen molar-refractivity contribution in [2.24, 2.45) is 0 Å². The fourth-order valence-corrected chi connectivity index (χ4v) is 8.68. The van der Waals surface area contributed by atoms with Crippen LogP contribution in [0.4, 0.5) is 5.69 Å². The number of nitrogens with zero attached hydrogens (tertiary/aromatic N) is 6. The Bertz CT molecular complexity index is 2570. The van der Waals surface area contributed by atoms with Crippen LogP contribution in [0.25, 0.3) is 27.9 Å². The summed E-state index contributed by atoms with van der Waals surface area (Å²) in [5.74, 6) is 1.08. The first-order chi connectivity index (χ1) is 31.5. The smallest absolute Gasteiger partial charge is 0.292 e. The van der Waals surface area contributed by atoms with Crippen LogP contribution >= 0.6 is 0 Å². The molecule has 340 valence electrons. The molecule has 5 heterocycles. The van der Waals surface area contributed by atoms with Crippen molar-refractivity contribution in [2.45, 2.75) is 116 Å². The van der Waals surface area contributed by atoms with Gasteiger partial charge in [0.25, 0.3) is 11.7 Å². The molecule has 3 N–H and O–H groups in total. The number of ether oxygens (including phenoxy) is 1. The second kappa shape index (κ2) is 20.6. The van der Waals surface area contributed by atoms with Crippen molar-refractivity contribution in [3.8, 4) is 28.1 Å². The van der Waals surface area contributed by atoms with Crippen molar-refractivity contribution < 1.29 is 23.6 Å². The fraction of sp³-hybridized carbons (Fsp3) is 0.431. The Morgan fingerprint density at radius 2 is 1.62 bits per heavy atom. The third-order valence-electron chi connectivity index (χ3n) is 12.6. The number of hydrogen-bond acceptors (Lipinski definition) is 11. The van der Waals surface area contributed by atoms with E-state index in [9.17, 15) is 14.4 Å². The van der Waals surface area contributed by atoms with Crippen molar-refractivity contribution >= 4 is 28.9 Å². The number of unbranched alkanes of at least 4 members (excludes halogenated alkanes) is 5. The molecule has 14 nitrogen and oxygen atoms in total. The summed E-state index contributed by atoms with van der Waals surface area (Å²) in [6, 6.07) is 24.6. The number of nitrogens with one attached hydrogen (secondary N) is 3. The third-order valence-corrected chi connectivity index (χ3v) is 12.6. The molecule has 0 radical (unpaired) electrons. The summed E-state index contributed by atoms with van der Waals surface area (Å²) in [4.78, 5) is 47.8. The predicted octanol–water partition coefficient (Wildman–Crippen LogP) is 8.80. The number of rotatable bonds is 18. The molecular weight excluding hydrogens is 819 g/mol. The van der Waals surface area contributed by atoms with Crippen LogP contribution < -0.4 is 20.7 Å². The largest absolute Gasteiger partial charge is 0.494 e. The molecule has 3 aromatic carbocycles. The van der Waals surface area contributed by atoms with E-state index in [0.29, 0.717) is 37.8 Å². The van der Waals surface area contributed by atoms with Gasteiger partial charge in [-0.2, -0.15) is 10.1 Å². The first-order valence-electron chi connectivity index (χ1n) is 23.2. The van der Waals surface area contributed by atoms with E-state index in [2.05, 4.69) is 89.6 Å². The number of likely N-dealkylation sites (tertiary alicyclic amines) is 1. The van der Waals surface area contributed by atoms with Gasteiger partial charge in [0.15, 0.2) is 0 Å². The normalized spacial score (nSPS) is 16.2. The molecule has 0 aliphatic carbocycles. The molecule has 6 aromatic rings. The second-order valence-corrected chi connectivity index (χ2v) is 18.5. The van der Waals surface area contributed by atoms with Gasteiger partial charge < -0.3 is 24.8 Å². The van der Waals surface area contributed by atoms with Crippen molar-refractivity contribution in [3.63, 3.8) is 0 Å². The van der Waals surface area contributed by atoms with Crippen LogP contribution in [0.15, 0.2) is 89.8 Å². The summed E-state index contributed by atoms with van der Waals surface area (Å²) < 4.78 is 13.3. The van der Waals surface area contributed by atoms with Gasteiger partial charge in [-0.25, -0.2) is 9.50 Å². The van der Waals surface area contributed by atoms with Gasteiger partial charge >= 0.3 is 0 Å². The van der Waals surface area contributed by atoms with Crippen LogP contribution in [-0.4, -0.2) is 79.6 Å². The van der Waals surface area contributed by atoms with E-state index in [1.807, 2.05) is 62.7 Å². The molecule has 0 saturated carbocycles. The molecule has 1 atom stereocenters. The molecule has 65 heavy (non-hydrogen) atoms. The summed E-state index contributed by atoms with van der Waals surface area (Å²) in [7, 11) is 0. The van der Waals surface area contributed by atoms with E-state index >= 15 is 0 Å². The van der Waals surface area contributed by atoms with Crippen LogP contribution in [0.5, 0.6) is 5.75 Å². The maximum absolute atomic E-state index is 12.7. The molecule has 2 saturated heterocycles. The number of imide groups is 1. The van der Waals surface area contributed by atoms with Crippen molar-refractivity contribution in [1.82, 2.24) is 40.3 Å². The highest BCUT2D eigenvalue weighted by Gasteiger charge is 2.27. The molecule has 14 heteroatoms. The topological polar surface area (TPSA) is 169 Å². The monoisotopic (exact) mass is 879 g/mol. The van der Waals surface area contributed by atoms with Crippen molar-refractivity contribution in [1.29, 1.82) is 0 Å². The zero-order chi connectivity index (χ0) is 45.3. The Balaban J connectivity index is 0.711. The maximum atomic E-state index is 12.7. The minimum Gasteiger partial charge on any atom is -0.494 e. The Kier molecular flexibility index (Phi) is 14.3. The Morgan fingerprint density at radius 1 is 0.877 bits per heavy atom. The Hall–Kier alpha value is -6.41. The van der Waals surface area contributed by atoms with E-state index < -0.39 is 0 Å². The molecule has 8 rings (SSSR count). The number of hydrogen-bond donors (Lipinski definition) is 3. The van der Waals surface area contributed by atoms with Crippen molar-refractivity contribution in [2.75, 3.05) is 31.6 Å². The molecule has 0 spiro atoms. The summed E-state index contributed by atoms with van der Waals surface area (Å²) >= 11 is 0. The van der Waals surface area contributed by atoms with Gasteiger partial charge in [0.1, 0.15) is 18.1 Å². The molecule has 3 aromatic heterocycles. The number of carbonyl (C=O) groups excluding carboxylic acids is 3. The number of aromatic nitrogens is 5. The van der Waals surface area contributed by atoms with E-state index in [-0.39, 0.29) is 35.0 Å². The lowest BCUT2D eigenvalue weighted by atomic mass is 9.89. The fourth-order valence-electron chi connectivity index (χ4n) is 8.68. The predicted molar refractivity (Wildman–Crippen MR) is 251 cm³/mol. The van der Waals surface area contributed by atoms with Gasteiger partial charge in [-0.15, -0.1) is 0 Å². The lowest BCUT2D eigenvalue weighted by Crippen LogP contribution is -2.47. The summed E-state index contributed by atoms with van der Waals surface area (Å²) in [6.07, 6.45) is 14.1. The molecule has 0 bridgehead atoms. The second-order valence-electron chi connectivity index (χ2n) is 18.5. The van der Waals surface area contributed by atoms with E-state index in [1.54, 1.807) is 6.33 Å². The first kappa shape index (κ1) is 45.2. The molecule has 2 aliphatic rings. The summed E-state index contributed by atoms with van der Waals surface area (Å²) in [6.45, 7) is 12.4. The van der Waals surface area contributed by atoms with Gasteiger partial charge in [-0.1, -0.05) is 88.0 Å². The van der Waals surface area contributed by atoms with Crippen LogP contribution in [0.3, 0.4) is 0 Å². The van der Waals surface area contributed by atoms with Gasteiger partial charge in [-0.05, 0) is 123 Å². The number of fused-ring (bicyclic) bond motifs is 1. The quantitative estimate of drug-likeness (QED) is 0.0557. The minimum atomic E-state index is -0.380. The number of anilines is 1. The third kappa shape index (κ3) is 11.7. The average Bonchev–Trinajstić information content (AvgIpc) is 3.99. The van der Waals surface area contributed by atoms with E-state index in [1.165, 1.54) is 57.1 Å². The Labute approximate surface area is 380 Å². The van der Waals surface area contributed by atoms with E-state index in [0.717, 1.165) is 70.0 Å². The standard InChI is InChI=1S/C51H61N9O5/c1-34-29-38(11-12-39(34)31-52-49(63)47-57-50(65-58-47)51(2,3)4)46-44-30-40(32-60(44)54-33-53-46)36-15-19-42(20-16-36)64-28-10-8-6-5-7-9-25-59-26-23-37(24-27-59)35-13-17-41(18-14-35)55-43-21-22-45(61)56-48(43)62/h11-20,29-30,32-33,37,43,55H,5-10,21-28,31H2,1-4H3,(H,52,63)(H,56,61,62). The molecule has 1 unspecified atom stereocenters. The highest BCUT2D eigenvalue weighted by atomic mass is 16.5. The number of piperidine rings is 2. The van der Waals surface area contributed by atoms with Gasteiger partial charge in [-0.3, -0.25) is 19.7 Å². The van der Waals surface area contributed by atoms with Crippen LogP contribution in [0, 0.1) is 6.92 Å². The number of benzene rings is 3.